The number of fused-ring (bicyclic) bond motifs is 1. The largest absolute Gasteiger partial charge is 0.502 e. The average molecular weight is 407 g/mol. The van der Waals surface area contributed by atoms with Crippen LogP contribution < -0.4 is 16.0 Å². The quantitative estimate of drug-likeness (QED) is 0.261. The molecule has 0 aliphatic heterocycles. The number of carbonyl (C=O) groups is 2. The lowest BCUT2D eigenvalue weighted by molar-refractivity contribution is -0.678. The molecule has 7 N–H and O–H groups in total. The van der Waals surface area contributed by atoms with E-state index in [9.17, 15) is 14.7 Å². The standard InChI is InChI=1S/C20H30N4O5/c1-13-18(25)12-17-16(24(13)10-5-3-7-15(22)20(28)29)8-11-23(17)9-4-2-6-14(21)19(26)27/h8,11-12,14-15H,2-7,9-10,21-22H2,1H3,(H2-,25,26,27,28,29)/p+1/t14-,15+/m1/s1. The lowest BCUT2D eigenvalue weighted by atomic mass is 10.1. The summed E-state index contributed by atoms with van der Waals surface area (Å²) in [7, 11) is 0. The highest BCUT2D eigenvalue weighted by atomic mass is 16.4. The minimum absolute atomic E-state index is 0.201. The van der Waals surface area contributed by atoms with Gasteiger partial charge in [0.25, 0.3) is 0 Å². The highest BCUT2D eigenvalue weighted by molar-refractivity contribution is 5.74. The molecule has 2 aromatic rings. The molecule has 0 radical (unpaired) electrons. The Hall–Kier alpha value is -2.65. The van der Waals surface area contributed by atoms with Crippen molar-refractivity contribution in [3.05, 3.63) is 24.0 Å². The molecule has 0 aliphatic rings. The number of aromatic nitrogens is 2. The van der Waals surface area contributed by atoms with E-state index in [1.54, 1.807) is 6.07 Å². The van der Waals surface area contributed by atoms with Crippen LogP contribution in [0, 0.1) is 6.92 Å². The smallest absolute Gasteiger partial charge is 0.320 e. The molecule has 0 bridgehead atoms. The number of nitrogens with two attached hydrogens (primary N) is 2. The van der Waals surface area contributed by atoms with Crippen LogP contribution in [0.25, 0.3) is 11.0 Å². The molecule has 0 fully saturated rings. The Kier molecular flexibility index (Phi) is 7.98. The molecule has 0 aromatic carbocycles. The Morgan fingerprint density at radius 1 is 1.07 bits per heavy atom. The molecular weight excluding hydrogens is 376 g/mol. The van der Waals surface area contributed by atoms with Gasteiger partial charge in [-0.25, -0.2) is 0 Å². The number of carboxylic acids is 2. The summed E-state index contributed by atoms with van der Waals surface area (Å²) in [5.41, 5.74) is 13.7. The number of hydrogen-bond donors (Lipinski definition) is 5. The highest BCUT2D eigenvalue weighted by Gasteiger charge is 2.20. The first-order chi connectivity index (χ1) is 13.7. The molecule has 29 heavy (non-hydrogen) atoms. The summed E-state index contributed by atoms with van der Waals surface area (Å²) in [6.07, 6.45) is 5.72. The normalized spacial score (nSPS) is 13.5. The van der Waals surface area contributed by atoms with Gasteiger partial charge in [0.15, 0.2) is 5.75 Å². The predicted molar refractivity (Wildman–Crippen MR) is 107 cm³/mol. The van der Waals surface area contributed by atoms with E-state index in [2.05, 4.69) is 0 Å². The minimum Gasteiger partial charge on any atom is -0.502 e. The van der Waals surface area contributed by atoms with E-state index in [1.165, 1.54) is 0 Å². The molecule has 9 nitrogen and oxygen atoms in total. The molecule has 9 heteroatoms. The van der Waals surface area contributed by atoms with E-state index in [-0.39, 0.29) is 5.75 Å². The van der Waals surface area contributed by atoms with Gasteiger partial charge in [0.05, 0.1) is 0 Å². The fourth-order valence-electron chi connectivity index (χ4n) is 3.42. The molecule has 160 valence electrons. The van der Waals surface area contributed by atoms with Gasteiger partial charge in [-0.2, -0.15) is 4.57 Å². The summed E-state index contributed by atoms with van der Waals surface area (Å²) in [6.45, 7) is 3.20. The molecule has 2 rings (SSSR count). The third-order valence-corrected chi connectivity index (χ3v) is 5.27. The second-order valence-electron chi connectivity index (χ2n) is 7.43. The van der Waals surface area contributed by atoms with Crippen LogP contribution in [0.3, 0.4) is 0 Å². The molecule has 0 saturated heterocycles. The molecule has 2 heterocycles. The maximum absolute atomic E-state index is 10.8. The van der Waals surface area contributed by atoms with Gasteiger partial charge in [0.1, 0.15) is 24.1 Å². The predicted octanol–water partition coefficient (Wildman–Crippen LogP) is 1.11. The lowest BCUT2D eigenvalue weighted by Gasteiger charge is -2.09. The fraction of sp³-hybridized carbons (Fsp3) is 0.550. The van der Waals surface area contributed by atoms with Crippen molar-refractivity contribution in [2.45, 2.75) is 70.6 Å². The summed E-state index contributed by atoms with van der Waals surface area (Å²) in [4.78, 5) is 21.6. The zero-order valence-electron chi connectivity index (χ0n) is 16.8. The highest BCUT2D eigenvalue weighted by Crippen LogP contribution is 2.22. The minimum atomic E-state index is -0.991. The molecule has 2 aromatic heterocycles. The third-order valence-electron chi connectivity index (χ3n) is 5.27. The first-order valence-corrected chi connectivity index (χ1v) is 9.90. The number of rotatable bonds is 12. The van der Waals surface area contributed by atoms with E-state index in [1.807, 2.05) is 28.3 Å². The Morgan fingerprint density at radius 3 is 2.24 bits per heavy atom. The number of nitrogens with zero attached hydrogens (tertiary/aromatic N) is 2. The summed E-state index contributed by atoms with van der Waals surface area (Å²) in [6, 6.07) is 2.05. The maximum atomic E-state index is 10.8. The molecule has 0 saturated carbocycles. The van der Waals surface area contributed by atoms with Gasteiger partial charge in [0, 0.05) is 38.2 Å². The summed E-state index contributed by atoms with van der Waals surface area (Å²) < 4.78 is 4.07. The maximum Gasteiger partial charge on any atom is 0.320 e. The van der Waals surface area contributed by atoms with Crippen molar-refractivity contribution in [3.8, 4) is 5.75 Å². The van der Waals surface area contributed by atoms with Crippen LogP contribution in [0.2, 0.25) is 0 Å². The van der Waals surface area contributed by atoms with E-state index < -0.39 is 24.0 Å². The van der Waals surface area contributed by atoms with Gasteiger partial charge < -0.3 is 31.4 Å². The van der Waals surface area contributed by atoms with Gasteiger partial charge in [-0.3, -0.25) is 9.59 Å². The van der Waals surface area contributed by atoms with Crippen molar-refractivity contribution in [3.63, 3.8) is 0 Å². The van der Waals surface area contributed by atoms with E-state index in [4.69, 9.17) is 21.7 Å². The third kappa shape index (κ3) is 5.91. The van der Waals surface area contributed by atoms with Gasteiger partial charge in [-0.1, -0.05) is 0 Å². The van der Waals surface area contributed by atoms with Gasteiger partial charge in [-0.05, 0) is 32.1 Å². The fourth-order valence-corrected chi connectivity index (χ4v) is 3.42. The summed E-state index contributed by atoms with van der Waals surface area (Å²) in [5, 5.41) is 28.1. The molecule has 0 amide bonds. The van der Waals surface area contributed by atoms with Crippen molar-refractivity contribution < 1.29 is 29.5 Å². The van der Waals surface area contributed by atoms with E-state index in [0.29, 0.717) is 38.8 Å². The number of pyridine rings is 1. The monoisotopic (exact) mass is 407 g/mol. The van der Waals surface area contributed by atoms with Crippen molar-refractivity contribution in [2.75, 3.05) is 0 Å². The van der Waals surface area contributed by atoms with Gasteiger partial charge in [-0.15, -0.1) is 0 Å². The molecule has 2 atom stereocenters. The zero-order chi connectivity index (χ0) is 21.6. The number of unbranched alkanes of at least 4 members (excludes halogenated alkanes) is 2. The SMILES string of the molecule is Cc1c(O)cc2c(ccn2CCCC[C@@H](N)C(=O)O)[n+]1CCCC[C@H](N)C(=O)O. The van der Waals surface area contributed by atoms with E-state index >= 15 is 0 Å². The Morgan fingerprint density at radius 2 is 1.66 bits per heavy atom. The summed E-state index contributed by atoms with van der Waals surface area (Å²) >= 11 is 0. The first-order valence-electron chi connectivity index (χ1n) is 9.90. The molecule has 0 aliphatic carbocycles. The lowest BCUT2D eigenvalue weighted by Crippen LogP contribution is -2.38. The Bertz CT molecular complexity index is 864. The van der Waals surface area contributed by atoms with Crippen molar-refractivity contribution in [1.29, 1.82) is 0 Å². The van der Waals surface area contributed by atoms with Crippen molar-refractivity contribution >= 4 is 23.0 Å². The average Bonchev–Trinajstić information content (AvgIpc) is 3.06. The topological polar surface area (TPSA) is 156 Å². The van der Waals surface area contributed by atoms with Crippen molar-refractivity contribution in [2.24, 2.45) is 11.5 Å². The van der Waals surface area contributed by atoms with Crippen LogP contribution in [0.4, 0.5) is 0 Å². The number of aromatic hydroxyl groups is 1. The van der Waals surface area contributed by atoms with E-state index in [0.717, 1.165) is 29.6 Å². The number of aryl methyl sites for hydroxylation is 2. The molecule has 0 unspecified atom stereocenters. The number of hydrogen-bond acceptors (Lipinski definition) is 5. The van der Waals surface area contributed by atoms with Crippen LogP contribution in [0.1, 0.15) is 44.2 Å². The van der Waals surface area contributed by atoms with Crippen LogP contribution in [0.15, 0.2) is 18.3 Å². The number of carboxylic acid groups (broad SMARTS) is 2. The van der Waals surface area contributed by atoms with Crippen LogP contribution in [0.5, 0.6) is 5.75 Å². The van der Waals surface area contributed by atoms with Crippen LogP contribution in [-0.2, 0) is 22.7 Å². The van der Waals surface area contributed by atoms with Crippen LogP contribution >= 0.6 is 0 Å². The van der Waals surface area contributed by atoms with Crippen LogP contribution in [-0.4, -0.2) is 43.9 Å². The van der Waals surface area contributed by atoms with Crippen molar-refractivity contribution in [1.82, 2.24) is 4.57 Å². The van der Waals surface area contributed by atoms with Gasteiger partial charge >= 0.3 is 11.9 Å². The second-order valence-corrected chi connectivity index (χ2v) is 7.43. The molecular formula is C20H31N4O5+. The zero-order valence-corrected chi connectivity index (χ0v) is 16.8. The number of aliphatic carboxylic acids is 2. The Balaban J connectivity index is 2.04. The second kappa shape index (κ2) is 10.2. The van der Waals surface area contributed by atoms with Gasteiger partial charge in [0.2, 0.25) is 11.2 Å². The Labute approximate surface area is 169 Å². The molecule has 0 spiro atoms. The summed E-state index contributed by atoms with van der Waals surface area (Å²) in [5.74, 6) is -1.77. The first kappa shape index (κ1) is 22.6.